The third kappa shape index (κ3) is 4.77. The molecule has 0 saturated carbocycles. The molecule has 0 bridgehead atoms. The number of anilines is 1. The molecule has 1 atom stereocenters. The van der Waals surface area contributed by atoms with E-state index in [0.717, 1.165) is 17.7 Å². The van der Waals surface area contributed by atoms with Gasteiger partial charge in [-0.15, -0.1) is 0 Å². The predicted octanol–water partition coefficient (Wildman–Crippen LogP) is 3.13. The second-order valence-corrected chi connectivity index (χ2v) is 5.28. The smallest absolute Gasteiger partial charge is 0.324 e. The molecule has 0 aliphatic heterocycles. The third-order valence-electron chi connectivity index (χ3n) is 3.68. The van der Waals surface area contributed by atoms with Gasteiger partial charge in [-0.25, -0.2) is 4.79 Å². The van der Waals surface area contributed by atoms with E-state index >= 15 is 0 Å². The lowest BCUT2D eigenvalue weighted by Gasteiger charge is -2.31. The van der Waals surface area contributed by atoms with Crippen molar-refractivity contribution in [3.63, 3.8) is 0 Å². The maximum atomic E-state index is 12.6. The van der Waals surface area contributed by atoms with Crippen LogP contribution in [0.4, 0.5) is 10.5 Å². The van der Waals surface area contributed by atoms with Crippen LogP contribution in [0.25, 0.3) is 0 Å². The lowest BCUT2D eigenvalue weighted by molar-refractivity contribution is -0.136. The van der Waals surface area contributed by atoms with Gasteiger partial charge in [0.25, 0.3) is 0 Å². The first-order valence-corrected chi connectivity index (χ1v) is 7.19. The van der Waals surface area contributed by atoms with Crippen LogP contribution < -0.4 is 4.90 Å². The van der Waals surface area contributed by atoms with E-state index in [1.54, 1.807) is 11.9 Å². The van der Waals surface area contributed by atoms with Crippen molar-refractivity contribution >= 4 is 17.7 Å². The van der Waals surface area contributed by atoms with Crippen LogP contribution in [0.2, 0.25) is 0 Å². The van der Waals surface area contributed by atoms with Gasteiger partial charge in [0.1, 0.15) is 0 Å². The molecule has 0 aliphatic carbocycles. The van der Waals surface area contributed by atoms with Crippen molar-refractivity contribution in [3.05, 3.63) is 29.8 Å². The highest BCUT2D eigenvalue weighted by Gasteiger charge is 2.23. The summed E-state index contributed by atoms with van der Waals surface area (Å²) in [7, 11) is 1.75. The van der Waals surface area contributed by atoms with Gasteiger partial charge in [-0.3, -0.25) is 9.69 Å². The van der Waals surface area contributed by atoms with Gasteiger partial charge in [-0.05, 0) is 32.4 Å². The zero-order valence-corrected chi connectivity index (χ0v) is 13.2. The van der Waals surface area contributed by atoms with Crippen LogP contribution in [0, 0.1) is 6.92 Å². The van der Waals surface area contributed by atoms with Gasteiger partial charge in [-0.1, -0.05) is 24.6 Å². The lowest BCUT2D eigenvalue weighted by atomic mass is 10.2. The fraction of sp³-hybridized carbons (Fsp3) is 0.500. The maximum absolute atomic E-state index is 12.6. The number of aliphatic carboxylic acids is 1. The molecule has 1 N–H and O–H groups in total. The van der Waals surface area contributed by atoms with Gasteiger partial charge in [0.2, 0.25) is 0 Å². The first-order chi connectivity index (χ1) is 9.86. The quantitative estimate of drug-likeness (QED) is 0.876. The summed E-state index contributed by atoms with van der Waals surface area (Å²) < 4.78 is 0. The lowest BCUT2D eigenvalue weighted by Crippen LogP contribution is -2.45. The number of carboxylic acids is 1. The number of amides is 2. The number of carboxylic acid groups (broad SMARTS) is 1. The van der Waals surface area contributed by atoms with Crippen LogP contribution in [-0.2, 0) is 4.79 Å². The van der Waals surface area contributed by atoms with Crippen molar-refractivity contribution in [2.24, 2.45) is 0 Å². The highest BCUT2D eigenvalue weighted by Crippen LogP contribution is 2.18. The molecular weight excluding hydrogens is 268 g/mol. The second-order valence-electron chi connectivity index (χ2n) is 5.28. The van der Waals surface area contributed by atoms with Crippen LogP contribution in [-0.4, -0.2) is 41.6 Å². The Morgan fingerprint density at radius 3 is 2.29 bits per heavy atom. The van der Waals surface area contributed by atoms with Crippen LogP contribution in [0.5, 0.6) is 0 Å². The monoisotopic (exact) mass is 292 g/mol. The molecule has 21 heavy (non-hydrogen) atoms. The Hall–Kier alpha value is -2.04. The van der Waals surface area contributed by atoms with E-state index in [-0.39, 0.29) is 25.0 Å². The van der Waals surface area contributed by atoms with Gasteiger partial charge in [0, 0.05) is 25.3 Å². The second kappa shape index (κ2) is 7.67. The number of hydrogen-bond acceptors (Lipinski definition) is 2. The topological polar surface area (TPSA) is 60.9 Å². The Labute approximate surface area is 126 Å². The summed E-state index contributed by atoms with van der Waals surface area (Å²) in [5.74, 6) is -0.911. The predicted molar refractivity (Wildman–Crippen MR) is 83.7 cm³/mol. The van der Waals surface area contributed by atoms with Gasteiger partial charge < -0.3 is 10.0 Å². The Kier molecular flexibility index (Phi) is 6.21. The van der Waals surface area contributed by atoms with E-state index in [1.165, 1.54) is 4.90 Å². The molecule has 2 amide bonds. The number of carbonyl (C=O) groups is 2. The van der Waals surface area contributed by atoms with E-state index in [2.05, 4.69) is 0 Å². The summed E-state index contributed by atoms with van der Waals surface area (Å²) in [4.78, 5) is 26.6. The van der Waals surface area contributed by atoms with E-state index in [1.807, 2.05) is 45.0 Å². The third-order valence-corrected chi connectivity index (χ3v) is 3.68. The highest BCUT2D eigenvalue weighted by molar-refractivity contribution is 5.92. The molecule has 0 radical (unpaired) electrons. The molecule has 0 aromatic heterocycles. The van der Waals surface area contributed by atoms with Crippen LogP contribution in [0.3, 0.4) is 0 Å². The first-order valence-electron chi connectivity index (χ1n) is 7.19. The van der Waals surface area contributed by atoms with Gasteiger partial charge in [-0.2, -0.15) is 0 Å². The van der Waals surface area contributed by atoms with Crippen molar-refractivity contribution in [2.75, 3.05) is 18.5 Å². The fourth-order valence-electron chi connectivity index (χ4n) is 1.92. The number of hydrogen-bond donors (Lipinski definition) is 1. The Morgan fingerprint density at radius 1 is 1.24 bits per heavy atom. The molecule has 0 fully saturated rings. The molecule has 5 nitrogen and oxygen atoms in total. The number of urea groups is 1. The largest absolute Gasteiger partial charge is 0.481 e. The number of rotatable bonds is 6. The van der Waals surface area contributed by atoms with Crippen molar-refractivity contribution in [3.8, 4) is 0 Å². The molecule has 5 heteroatoms. The van der Waals surface area contributed by atoms with E-state index in [9.17, 15) is 9.59 Å². The summed E-state index contributed by atoms with van der Waals surface area (Å²) >= 11 is 0. The van der Waals surface area contributed by atoms with Gasteiger partial charge in [0.15, 0.2) is 0 Å². The fourth-order valence-corrected chi connectivity index (χ4v) is 1.92. The van der Waals surface area contributed by atoms with Crippen molar-refractivity contribution in [2.45, 2.75) is 39.7 Å². The standard InChI is InChI=1S/C16H24N2O3/c1-5-13(3)17(4)16(21)18(11-10-15(19)20)14-8-6-12(2)7-9-14/h6-9,13H,5,10-11H2,1-4H3,(H,19,20). The molecule has 1 rings (SSSR count). The molecule has 116 valence electrons. The Morgan fingerprint density at radius 2 is 1.81 bits per heavy atom. The van der Waals surface area contributed by atoms with E-state index < -0.39 is 5.97 Å². The van der Waals surface area contributed by atoms with Crippen LogP contribution in [0.1, 0.15) is 32.3 Å². The van der Waals surface area contributed by atoms with Crippen LogP contribution >= 0.6 is 0 Å². The minimum atomic E-state index is -0.911. The van der Waals surface area contributed by atoms with Gasteiger partial charge in [0.05, 0.1) is 6.42 Å². The molecule has 0 heterocycles. The van der Waals surface area contributed by atoms with Gasteiger partial charge >= 0.3 is 12.0 Å². The molecule has 0 aliphatic rings. The number of aryl methyl sites for hydroxylation is 1. The van der Waals surface area contributed by atoms with Crippen LogP contribution in [0.15, 0.2) is 24.3 Å². The average Bonchev–Trinajstić information content (AvgIpc) is 2.47. The Bertz CT molecular complexity index is 485. The summed E-state index contributed by atoms with van der Waals surface area (Å²) in [6, 6.07) is 7.46. The summed E-state index contributed by atoms with van der Waals surface area (Å²) in [5.41, 5.74) is 1.82. The first kappa shape index (κ1) is 17.0. The summed E-state index contributed by atoms with van der Waals surface area (Å²) in [6.07, 6.45) is 0.775. The zero-order chi connectivity index (χ0) is 16.0. The van der Waals surface area contributed by atoms with Crippen molar-refractivity contribution < 1.29 is 14.7 Å². The molecule has 0 saturated heterocycles. The van der Waals surface area contributed by atoms with Crippen molar-refractivity contribution in [1.82, 2.24) is 4.90 Å². The average molecular weight is 292 g/mol. The molecule has 1 aromatic carbocycles. The molecule has 1 unspecified atom stereocenters. The van der Waals surface area contributed by atoms with E-state index in [0.29, 0.717) is 0 Å². The minimum Gasteiger partial charge on any atom is -0.481 e. The number of benzene rings is 1. The van der Waals surface area contributed by atoms with Crippen molar-refractivity contribution in [1.29, 1.82) is 0 Å². The molecular formula is C16H24N2O3. The number of nitrogens with zero attached hydrogens (tertiary/aromatic N) is 2. The SMILES string of the molecule is CCC(C)N(C)C(=O)N(CCC(=O)O)c1ccc(C)cc1. The summed E-state index contributed by atoms with van der Waals surface area (Å²) in [6.45, 7) is 6.13. The molecule has 0 spiro atoms. The normalized spacial score (nSPS) is 11.8. The van der Waals surface area contributed by atoms with E-state index in [4.69, 9.17) is 5.11 Å². The highest BCUT2D eigenvalue weighted by atomic mass is 16.4. The maximum Gasteiger partial charge on any atom is 0.324 e. The minimum absolute atomic E-state index is 0.0754. The molecule has 1 aromatic rings. The number of carbonyl (C=O) groups excluding carboxylic acids is 1. The summed E-state index contributed by atoms with van der Waals surface area (Å²) in [5, 5.41) is 8.88. The Balaban J connectivity index is 2.98. The zero-order valence-electron chi connectivity index (χ0n) is 13.2.